The van der Waals surface area contributed by atoms with Crippen molar-refractivity contribution < 1.29 is 14.2 Å². The van der Waals surface area contributed by atoms with Gasteiger partial charge in [-0.05, 0) is 50.5 Å². The Morgan fingerprint density at radius 1 is 0.718 bits per heavy atom. The zero-order valence-corrected chi connectivity index (χ0v) is 21.8. The second-order valence-corrected chi connectivity index (χ2v) is 9.62. The molecule has 0 atom stereocenters. The van der Waals surface area contributed by atoms with Crippen LogP contribution in [0.2, 0.25) is 0 Å². The fourth-order valence-corrected chi connectivity index (χ4v) is 5.13. The van der Waals surface area contributed by atoms with Crippen LogP contribution in [0.5, 0.6) is 0 Å². The number of nitrogens with one attached hydrogen (secondary N) is 2. The normalized spacial score (nSPS) is 12.5. The summed E-state index contributed by atoms with van der Waals surface area (Å²) < 4.78 is 2.20. The highest BCUT2D eigenvalue weighted by molar-refractivity contribution is 6.01. The van der Waals surface area contributed by atoms with E-state index in [1.54, 1.807) is 0 Å². The molecule has 3 aromatic carbocycles. The highest BCUT2D eigenvalue weighted by Gasteiger charge is 2.18. The maximum atomic E-state index is 12.8. The molecule has 1 aliphatic carbocycles. The average molecular weight is 518 g/mol. The van der Waals surface area contributed by atoms with Crippen LogP contribution in [0, 0.1) is 0 Å². The molecule has 0 saturated heterocycles. The third kappa shape index (κ3) is 4.93. The van der Waals surface area contributed by atoms with E-state index in [9.17, 15) is 9.59 Å². The molecule has 0 bridgehead atoms. The van der Waals surface area contributed by atoms with E-state index in [4.69, 9.17) is 15.0 Å². The van der Waals surface area contributed by atoms with Crippen LogP contribution in [-0.4, -0.2) is 26.8 Å². The summed E-state index contributed by atoms with van der Waals surface area (Å²) in [6.45, 7) is 2.88. The Kier molecular flexibility index (Phi) is 6.67. The van der Waals surface area contributed by atoms with Gasteiger partial charge in [-0.25, -0.2) is 15.0 Å². The number of carbonyl (C=O) groups excluding carboxylic acids is 2. The number of aryl methyl sites for hydroxylation is 1. The maximum Gasteiger partial charge on any atom is 0.233 e. The first-order chi connectivity index (χ1) is 19.1. The number of rotatable bonds is 7. The minimum Gasteiger partial charge on any atom is -0.324 e. The van der Waals surface area contributed by atoms with Crippen molar-refractivity contribution in [1.29, 1.82) is 0 Å². The summed E-state index contributed by atoms with van der Waals surface area (Å²) >= 11 is 0. The molecule has 6 rings (SSSR count). The van der Waals surface area contributed by atoms with E-state index in [1.807, 2.05) is 54.6 Å². The number of aromatic nitrogens is 4. The molecule has 8 heteroatoms. The van der Waals surface area contributed by atoms with E-state index < -0.39 is 0 Å². The van der Waals surface area contributed by atoms with Gasteiger partial charge in [0.1, 0.15) is 17.6 Å². The molecule has 0 saturated carbocycles. The Morgan fingerprint density at radius 3 is 2.08 bits per heavy atom. The van der Waals surface area contributed by atoms with Gasteiger partial charge in [-0.15, -0.1) is 0 Å². The SMILES string of the molecule is CC[n+]1c2ccccc2nc2c(NC(=O)CCCC(=O)Nc3cccc4nc5c(nc34)=CCCC=5)cccc21. The molecule has 2 amide bonds. The van der Waals surface area contributed by atoms with Crippen LogP contribution in [0.1, 0.15) is 39.0 Å². The highest BCUT2D eigenvalue weighted by atomic mass is 16.2. The lowest BCUT2D eigenvalue weighted by Crippen LogP contribution is -2.34. The average Bonchev–Trinajstić information content (AvgIpc) is 2.95. The first-order valence-electron chi connectivity index (χ1n) is 13.4. The van der Waals surface area contributed by atoms with Gasteiger partial charge in [-0.2, -0.15) is 4.57 Å². The number of amides is 2. The molecule has 0 spiro atoms. The van der Waals surface area contributed by atoms with Gasteiger partial charge in [0.05, 0.1) is 27.6 Å². The zero-order chi connectivity index (χ0) is 26.8. The molecule has 39 heavy (non-hydrogen) atoms. The number of para-hydroxylation sites is 4. The molecular weight excluding hydrogens is 488 g/mol. The Labute approximate surface area is 225 Å². The fourth-order valence-electron chi connectivity index (χ4n) is 5.13. The number of anilines is 2. The fraction of sp³-hybridized carbons (Fsp3) is 0.226. The van der Waals surface area contributed by atoms with Crippen molar-refractivity contribution in [2.75, 3.05) is 10.6 Å². The van der Waals surface area contributed by atoms with E-state index in [2.05, 4.69) is 40.3 Å². The number of hydrogen-bond acceptors (Lipinski definition) is 5. The van der Waals surface area contributed by atoms with Crippen LogP contribution in [0.25, 0.3) is 45.3 Å². The van der Waals surface area contributed by atoms with Gasteiger partial charge in [0.15, 0.2) is 5.52 Å². The van der Waals surface area contributed by atoms with E-state index in [-0.39, 0.29) is 24.7 Å². The molecule has 2 aromatic heterocycles. The van der Waals surface area contributed by atoms with Gasteiger partial charge < -0.3 is 10.6 Å². The minimum absolute atomic E-state index is 0.150. The summed E-state index contributed by atoms with van der Waals surface area (Å²) in [7, 11) is 0. The molecular formula is C31H29N6O2+. The van der Waals surface area contributed by atoms with Gasteiger partial charge in [0.2, 0.25) is 22.8 Å². The molecule has 8 nitrogen and oxygen atoms in total. The summed E-state index contributed by atoms with van der Waals surface area (Å²) in [6.07, 6.45) is 6.93. The summed E-state index contributed by atoms with van der Waals surface area (Å²) in [4.78, 5) is 39.8. The van der Waals surface area contributed by atoms with Gasteiger partial charge in [0, 0.05) is 25.0 Å². The second-order valence-electron chi connectivity index (χ2n) is 9.62. The molecule has 1 aliphatic rings. The summed E-state index contributed by atoms with van der Waals surface area (Å²) in [6, 6.07) is 19.4. The van der Waals surface area contributed by atoms with E-state index >= 15 is 0 Å². The summed E-state index contributed by atoms with van der Waals surface area (Å²) in [5, 5.41) is 7.71. The van der Waals surface area contributed by atoms with Crippen molar-refractivity contribution in [3.63, 3.8) is 0 Å². The molecule has 2 N–H and O–H groups in total. The van der Waals surface area contributed by atoms with E-state index in [0.29, 0.717) is 23.3 Å². The Balaban J connectivity index is 1.12. The number of fused-ring (bicyclic) bond motifs is 4. The van der Waals surface area contributed by atoms with Crippen molar-refractivity contribution in [2.45, 2.75) is 45.6 Å². The van der Waals surface area contributed by atoms with Gasteiger partial charge in [-0.1, -0.05) is 36.4 Å². The minimum atomic E-state index is -0.160. The largest absolute Gasteiger partial charge is 0.324 e. The van der Waals surface area contributed by atoms with Gasteiger partial charge in [0.25, 0.3) is 0 Å². The molecule has 0 unspecified atom stereocenters. The van der Waals surface area contributed by atoms with Crippen molar-refractivity contribution in [3.8, 4) is 0 Å². The Morgan fingerprint density at radius 2 is 1.33 bits per heavy atom. The van der Waals surface area contributed by atoms with Crippen LogP contribution >= 0.6 is 0 Å². The lowest BCUT2D eigenvalue weighted by atomic mass is 10.1. The van der Waals surface area contributed by atoms with Gasteiger partial charge in [-0.3, -0.25) is 9.59 Å². The maximum absolute atomic E-state index is 12.8. The molecule has 0 fully saturated rings. The number of nitrogens with zero attached hydrogens (tertiary/aromatic N) is 4. The third-order valence-corrected chi connectivity index (χ3v) is 6.97. The standard InChI is InChI=1S/C31H28N6O2/c1-2-37-26-16-6-5-12-22(26)36-31-25(15-8-17-27(31)37)34-29(39)19-9-18-28(38)33-24-14-7-13-23-30(24)35-21-11-4-3-10-20(21)32-23/h5-8,10-17H,2-4,9,18-19H2,1H3,(H,32,33,38)/p+1. The van der Waals surface area contributed by atoms with E-state index in [1.165, 1.54) is 0 Å². The Bertz CT molecular complexity index is 1880. The summed E-state index contributed by atoms with van der Waals surface area (Å²) in [5.74, 6) is -0.310. The second kappa shape index (κ2) is 10.6. The van der Waals surface area contributed by atoms with Crippen molar-refractivity contribution in [3.05, 3.63) is 71.4 Å². The first kappa shape index (κ1) is 24.6. The molecule has 0 aliphatic heterocycles. The smallest absolute Gasteiger partial charge is 0.233 e. The van der Waals surface area contributed by atoms with Crippen LogP contribution in [0.4, 0.5) is 11.4 Å². The van der Waals surface area contributed by atoms with E-state index in [0.717, 1.165) is 57.7 Å². The molecule has 194 valence electrons. The number of benzene rings is 3. The quantitative estimate of drug-likeness (QED) is 0.253. The van der Waals surface area contributed by atoms with Crippen LogP contribution < -0.4 is 25.9 Å². The highest BCUT2D eigenvalue weighted by Crippen LogP contribution is 2.23. The Hall–Kier alpha value is -4.72. The topological polar surface area (TPSA) is 101 Å². The molecule has 5 aromatic rings. The number of hydrogen-bond donors (Lipinski definition) is 2. The van der Waals surface area contributed by atoms with Crippen LogP contribution in [-0.2, 0) is 16.1 Å². The van der Waals surface area contributed by atoms with Crippen LogP contribution in [0.15, 0.2) is 60.7 Å². The lowest BCUT2D eigenvalue weighted by molar-refractivity contribution is -0.641. The van der Waals surface area contributed by atoms with Crippen molar-refractivity contribution in [1.82, 2.24) is 15.0 Å². The lowest BCUT2D eigenvalue weighted by Gasteiger charge is -2.10. The monoisotopic (exact) mass is 517 g/mol. The molecule has 0 radical (unpaired) electrons. The zero-order valence-electron chi connectivity index (χ0n) is 21.8. The van der Waals surface area contributed by atoms with Crippen LogP contribution in [0.3, 0.4) is 0 Å². The van der Waals surface area contributed by atoms with Gasteiger partial charge >= 0.3 is 0 Å². The summed E-state index contributed by atoms with van der Waals surface area (Å²) in [5.41, 5.74) is 6.36. The molecule has 2 heterocycles. The predicted octanol–water partition coefficient (Wildman–Crippen LogP) is 3.74. The third-order valence-electron chi connectivity index (χ3n) is 6.97. The number of carbonyl (C=O) groups is 2. The van der Waals surface area contributed by atoms with Crippen molar-refractivity contribution >= 4 is 68.4 Å². The first-order valence-corrected chi connectivity index (χ1v) is 13.4. The predicted molar refractivity (Wildman–Crippen MR) is 153 cm³/mol. The van der Waals surface area contributed by atoms with Crippen molar-refractivity contribution in [2.24, 2.45) is 0 Å².